The van der Waals surface area contributed by atoms with E-state index in [0.717, 1.165) is 17.2 Å². The van der Waals surface area contributed by atoms with Crippen molar-refractivity contribution in [2.24, 2.45) is 5.92 Å². The van der Waals surface area contributed by atoms with E-state index in [9.17, 15) is 0 Å². The van der Waals surface area contributed by atoms with Crippen LogP contribution >= 0.6 is 11.3 Å². The van der Waals surface area contributed by atoms with Crippen molar-refractivity contribution in [3.05, 3.63) is 16.1 Å². The average molecular weight is 250 g/mol. The van der Waals surface area contributed by atoms with E-state index in [1.165, 1.54) is 0 Å². The van der Waals surface area contributed by atoms with Gasteiger partial charge in [-0.2, -0.15) is 0 Å². The molecule has 0 saturated heterocycles. The largest absolute Gasteiger partial charge is 0.297 e. The lowest BCUT2D eigenvalue weighted by Crippen LogP contribution is -2.31. The number of nitrogens with zero attached hydrogens (tertiary/aromatic N) is 1. The molecule has 0 aliphatic carbocycles. The Balaban J connectivity index is 2.59. The molecule has 1 rings (SSSR count). The fraction of sp³-hybridized carbons (Fsp3) is 0.643. The molecule has 17 heavy (non-hydrogen) atoms. The second-order valence-electron chi connectivity index (χ2n) is 5.65. The van der Waals surface area contributed by atoms with Gasteiger partial charge in [-0.05, 0) is 5.92 Å². The molecule has 0 bridgehead atoms. The molecule has 2 nitrogen and oxygen atoms in total. The fourth-order valence-electron chi connectivity index (χ4n) is 1.42. The number of rotatable bonds is 4. The van der Waals surface area contributed by atoms with Gasteiger partial charge >= 0.3 is 0 Å². The summed E-state index contributed by atoms with van der Waals surface area (Å²) in [5.74, 6) is 3.22. The summed E-state index contributed by atoms with van der Waals surface area (Å²) in [6, 6.07) is 0.122. The maximum absolute atomic E-state index is 5.48. The van der Waals surface area contributed by atoms with Crippen molar-refractivity contribution in [2.75, 3.05) is 0 Å². The molecule has 0 spiro atoms. The summed E-state index contributed by atoms with van der Waals surface area (Å²) < 4.78 is 0. The molecule has 0 saturated carbocycles. The zero-order valence-corrected chi connectivity index (χ0v) is 12.2. The van der Waals surface area contributed by atoms with Crippen LogP contribution < -0.4 is 5.32 Å². The van der Waals surface area contributed by atoms with Gasteiger partial charge < -0.3 is 0 Å². The van der Waals surface area contributed by atoms with Crippen molar-refractivity contribution >= 4 is 11.3 Å². The van der Waals surface area contributed by atoms with Crippen LogP contribution in [0.25, 0.3) is 0 Å². The Morgan fingerprint density at radius 3 is 2.53 bits per heavy atom. The minimum Gasteiger partial charge on any atom is -0.297 e. The van der Waals surface area contributed by atoms with Crippen molar-refractivity contribution < 1.29 is 0 Å². The van der Waals surface area contributed by atoms with Gasteiger partial charge in [-0.25, -0.2) is 4.98 Å². The van der Waals surface area contributed by atoms with E-state index in [2.05, 4.69) is 56.2 Å². The molecule has 1 N–H and O–H groups in total. The van der Waals surface area contributed by atoms with Crippen LogP contribution in [0.15, 0.2) is 5.38 Å². The molecule has 0 fully saturated rings. The van der Waals surface area contributed by atoms with Gasteiger partial charge in [0, 0.05) is 17.3 Å². The molecule has 1 aromatic rings. The lowest BCUT2D eigenvalue weighted by atomic mass is 9.93. The molecule has 1 unspecified atom stereocenters. The average Bonchev–Trinajstić information content (AvgIpc) is 2.66. The summed E-state index contributed by atoms with van der Waals surface area (Å²) in [5.41, 5.74) is 1.28. The normalized spacial score (nSPS) is 13.7. The monoisotopic (exact) mass is 250 g/mol. The molecule has 0 amide bonds. The third-order valence-electron chi connectivity index (χ3n) is 2.64. The molecule has 94 valence electrons. The lowest BCUT2D eigenvalue weighted by Gasteiger charge is -2.16. The molecular formula is C14H22N2S. The summed E-state index contributed by atoms with van der Waals surface area (Å²) in [6.07, 6.45) is 5.48. The van der Waals surface area contributed by atoms with Gasteiger partial charge in [-0.15, -0.1) is 17.8 Å². The Labute approximate surface area is 109 Å². The van der Waals surface area contributed by atoms with Crippen molar-refractivity contribution in [1.29, 1.82) is 0 Å². The highest BCUT2D eigenvalue weighted by atomic mass is 32.1. The minimum atomic E-state index is 0.122. The van der Waals surface area contributed by atoms with E-state index in [1.54, 1.807) is 11.3 Å². The summed E-state index contributed by atoms with van der Waals surface area (Å²) in [4.78, 5) is 4.63. The zero-order chi connectivity index (χ0) is 13.1. The smallest absolute Gasteiger partial charge is 0.107 e. The number of nitrogens with one attached hydrogen (secondary N) is 1. The first-order chi connectivity index (χ1) is 7.84. The van der Waals surface area contributed by atoms with E-state index >= 15 is 0 Å². The Morgan fingerprint density at radius 2 is 2.12 bits per heavy atom. The van der Waals surface area contributed by atoms with Gasteiger partial charge in [-0.1, -0.05) is 40.5 Å². The standard InChI is InChI=1S/C14H22N2S/c1-7-11(10(2)3)15-8-13-16-12(9-17-13)14(4,5)6/h1,9-11,15H,8H2,2-6H3. The first-order valence-electron chi connectivity index (χ1n) is 5.99. The molecule has 0 aliphatic heterocycles. The summed E-state index contributed by atoms with van der Waals surface area (Å²) in [5, 5.41) is 6.61. The highest BCUT2D eigenvalue weighted by molar-refractivity contribution is 7.09. The van der Waals surface area contributed by atoms with Gasteiger partial charge in [0.05, 0.1) is 11.7 Å². The van der Waals surface area contributed by atoms with E-state index in [0.29, 0.717) is 5.92 Å². The second-order valence-corrected chi connectivity index (χ2v) is 6.59. The highest BCUT2D eigenvalue weighted by Gasteiger charge is 2.17. The van der Waals surface area contributed by atoms with Gasteiger partial charge in [0.1, 0.15) is 5.01 Å². The Hall–Kier alpha value is -0.850. The minimum absolute atomic E-state index is 0.122. The first kappa shape index (κ1) is 14.2. The van der Waals surface area contributed by atoms with E-state index < -0.39 is 0 Å². The number of aromatic nitrogens is 1. The van der Waals surface area contributed by atoms with Crippen LogP contribution in [0.5, 0.6) is 0 Å². The van der Waals surface area contributed by atoms with Crippen LogP contribution in [0.4, 0.5) is 0 Å². The molecule has 1 atom stereocenters. The summed E-state index contributed by atoms with van der Waals surface area (Å²) >= 11 is 1.70. The Kier molecular flexibility index (Phi) is 4.73. The van der Waals surface area contributed by atoms with Crippen LogP contribution in [-0.2, 0) is 12.0 Å². The lowest BCUT2D eigenvalue weighted by molar-refractivity contribution is 0.474. The predicted octanol–water partition coefficient (Wildman–Crippen LogP) is 3.19. The molecule has 0 aromatic carbocycles. The van der Waals surface area contributed by atoms with E-state index in [-0.39, 0.29) is 11.5 Å². The SMILES string of the molecule is C#CC(NCc1nc(C(C)(C)C)cs1)C(C)C. The van der Waals surface area contributed by atoms with Crippen LogP contribution in [0.2, 0.25) is 0 Å². The van der Waals surface area contributed by atoms with Crippen LogP contribution in [0.3, 0.4) is 0 Å². The van der Waals surface area contributed by atoms with Gasteiger partial charge in [0.2, 0.25) is 0 Å². The maximum Gasteiger partial charge on any atom is 0.107 e. The van der Waals surface area contributed by atoms with Gasteiger partial charge in [-0.3, -0.25) is 5.32 Å². The third-order valence-corrected chi connectivity index (χ3v) is 3.49. The summed E-state index contributed by atoms with van der Waals surface area (Å²) in [6.45, 7) is 11.5. The number of hydrogen-bond acceptors (Lipinski definition) is 3. The van der Waals surface area contributed by atoms with Crippen molar-refractivity contribution in [2.45, 2.75) is 52.6 Å². The van der Waals surface area contributed by atoms with Crippen LogP contribution in [0, 0.1) is 18.3 Å². The van der Waals surface area contributed by atoms with E-state index in [1.807, 2.05) is 0 Å². The van der Waals surface area contributed by atoms with E-state index in [4.69, 9.17) is 6.42 Å². The van der Waals surface area contributed by atoms with Crippen LogP contribution in [0.1, 0.15) is 45.3 Å². The van der Waals surface area contributed by atoms with Gasteiger partial charge in [0.25, 0.3) is 0 Å². The number of hydrogen-bond donors (Lipinski definition) is 1. The first-order valence-corrected chi connectivity index (χ1v) is 6.87. The maximum atomic E-state index is 5.48. The molecule has 1 aromatic heterocycles. The molecule has 0 radical (unpaired) electrons. The summed E-state index contributed by atoms with van der Waals surface area (Å²) in [7, 11) is 0. The predicted molar refractivity (Wildman–Crippen MR) is 75.1 cm³/mol. The molecular weight excluding hydrogens is 228 g/mol. The van der Waals surface area contributed by atoms with Crippen molar-refractivity contribution in [3.63, 3.8) is 0 Å². The van der Waals surface area contributed by atoms with Crippen molar-refractivity contribution in [1.82, 2.24) is 10.3 Å². The second kappa shape index (κ2) is 5.66. The fourth-order valence-corrected chi connectivity index (χ4v) is 2.39. The van der Waals surface area contributed by atoms with Crippen molar-refractivity contribution in [3.8, 4) is 12.3 Å². The third kappa shape index (κ3) is 4.14. The molecule has 1 heterocycles. The van der Waals surface area contributed by atoms with Crippen LogP contribution in [-0.4, -0.2) is 11.0 Å². The highest BCUT2D eigenvalue weighted by Crippen LogP contribution is 2.23. The quantitative estimate of drug-likeness (QED) is 0.830. The van der Waals surface area contributed by atoms with Gasteiger partial charge in [0.15, 0.2) is 0 Å². The Bertz CT molecular complexity index is 393. The molecule has 3 heteroatoms. The number of thiazole rings is 1. The zero-order valence-electron chi connectivity index (χ0n) is 11.4. The topological polar surface area (TPSA) is 24.9 Å². The Morgan fingerprint density at radius 1 is 1.47 bits per heavy atom. The number of terminal acetylenes is 1. The molecule has 0 aliphatic rings.